The number of nitrogens with zero attached hydrogens (tertiary/aromatic N) is 1. The maximum atomic E-state index is 12.8. The maximum absolute atomic E-state index is 12.8. The first-order chi connectivity index (χ1) is 11.6. The van der Waals surface area contributed by atoms with E-state index < -0.39 is 10.0 Å². The number of ether oxygens (including phenoxy) is 1. The molecule has 0 aromatic heterocycles. The lowest BCUT2D eigenvalue weighted by Crippen LogP contribution is -2.27. The van der Waals surface area contributed by atoms with Crippen molar-refractivity contribution in [1.29, 1.82) is 0 Å². The topological polar surface area (TPSA) is 89.7 Å². The fourth-order valence-electron chi connectivity index (χ4n) is 2.59. The van der Waals surface area contributed by atoms with Gasteiger partial charge in [-0.05, 0) is 43.2 Å². The number of aryl methyl sites for hydroxylation is 2. The molecule has 7 heteroatoms. The molecule has 0 saturated heterocycles. The second-order valence-corrected chi connectivity index (χ2v) is 7.56. The molecule has 1 amide bonds. The molecule has 0 bridgehead atoms. The van der Waals surface area contributed by atoms with E-state index in [1.807, 2.05) is 26.0 Å². The Balaban J connectivity index is 2.35. The molecule has 0 radical (unpaired) electrons. The minimum absolute atomic E-state index is 0.128. The molecular formula is C18H22N2O4S. The minimum Gasteiger partial charge on any atom is -0.496 e. The molecule has 2 aromatic rings. The standard InChI is InChI=1S/C18H22N2O4S/c1-12-5-6-14(13(2)9-12)11-20(3)18(21)16-10-15(25(19,22)23)7-8-17(16)24-4/h5-10H,11H2,1-4H3,(H2,19,22,23). The van der Waals surface area contributed by atoms with Crippen LogP contribution in [0.2, 0.25) is 0 Å². The third kappa shape index (κ3) is 4.37. The van der Waals surface area contributed by atoms with E-state index in [1.54, 1.807) is 7.05 Å². The number of sulfonamides is 1. The Bertz CT molecular complexity index is 907. The van der Waals surface area contributed by atoms with Crippen LogP contribution >= 0.6 is 0 Å². The molecule has 0 fully saturated rings. The molecule has 2 rings (SSSR count). The van der Waals surface area contributed by atoms with Crippen LogP contribution in [-0.4, -0.2) is 33.4 Å². The predicted octanol–water partition coefficient (Wildman–Crippen LogP) is 2.23. The van der Waals surface area contributed by atoms with Crippen LogP contribution < -0.4 is 9.88 Å². The highest BCUT2D eigenvalue weighted by atomic mass is 32.2. The number of carbonyl (C=O) groups is 1. The van der Waals surface area contributed by atoms with Gasteiger partial charge in [0, 0.05) is 13.6 Å². The lowest BCUT2D eigenvalue weighted by Gasteiger charge is -2.20. The fraction of sp³-hybridized carbons (Fsp3) is 0.278. The Labute approximate surface area is 148 Å². The average Bonchev–Trinajstić information content (AvgIpc) is 2.55. The van der Waals surface area contributed by atoms with Gasteiger partial charge in [0.2, 0.25) is 10.0 Å². The van der Waals surface area contributed by atoms with Crippen molar-refractivity contribution in [3.63, 3.8) is 0 Å². The number of nitrogens with two attached hydrogens (primary N) is 1. The van der Waals surface area contributed by atoms with Gasteiger partial charge in [0.15, 0.2) is 0 Å². The summed E-state index contributed by atoms with van der Waals surface area (Å²) in [5.41, 5.74) is 3.41. The number of hydrogen-bond donors (Lipinski definition) is 1. The van der Waals surface area contributed by atoms with Gasteiger partial charge in [-0.15, -0.1) is 0 Å². The van der Waals surface area contributed by atoms with Crippen LogP contribution in [0.4, 0.5) is 0 Å². The van der Waals surface area contributed by atoms with Crippen LogP contribution in [0.5, 0.6) is 5.75 Å². The summed E-state index contributed by atoms with van der Waals surface area (Å²) >= 11 is 0. The lowest BCUT2D eigenvalue weighted by atomic mass is 10.0. The van der Waals surface area contributed by atoms with Gasteiger partial charge in [0.1, 0.15) is 5.75 Å². The summed E-state index contributed by atoms with van der Waals surface area (Å²) in [5.74, 6) is -0.0489. The highest BCUT2D eigenvalue weighted by Gasteiger charge is 2.20. The van der Waals surface area contributed by atoms with E-state index >= 15 is 0 Å². The molecule has 0 heterocycles. The van der Waals surface area contributed by atoms with Gasteiger partial charge in [-0.1, -0.05) is 23.8 Å². The number of carbonyl (C=O) groups excluding carboxylic acids is 1. The zero-order valence-electron chi connectivity index (χ0n) is 14.7. The van der Waals surface area contributed by atoms with Crippen molar-refractivity contribution in [3.05, 3.63) is 58.7 Å². The van der Waals surface area contributed by atoms with Gasteiger partial charge in [-0.3, -0.25) is 4.79 Å². The monoisotopic (exact) mass is 362 g/mol. The molecule has 2 N–H and O–H groups in total. The van der Waals surface area contributed by atoms with Crippen molar-refractivity contribution in [3.8, 4) is 5.75 Å². The Morgan fingerprint density at radius 2 is 1.84 bits per heavy atom. The van der Waals surface area contributed by atoms with Crippen molar-refractivity contribution >= 4 is 15.9 Å². The number of primary sulfonamides is 1. The van der Waals surface area contributed by atoms with Crippen LogP contribution in [0.15, 0.2) is 41.3 Å². The van der Waals surface area contributed by atoms with Crippen LogP contribution in [0, 0.1) is 13.8 Å². The fourth-order valence-corrected chi connectivity index (χ4v) is 3.13. The number of amides is 1. The minimum atomic E-state index is -3.91. The third-order valence-electron chi connectivity index (χ3n) is 3.98. The van der Waals surface area contributed by atoms with E-state index in [4.69, 9.17) is 9.88 Å². The summed E-state index contributed by atoms with van der Waals surface area (Å²) in [4.78, 5) is 14.2. The van der Waals surface area contributed by atoms with Gasteiger partial charge in [-0.2, -0.15) is 0 Å². The summed E-state index contributed by atoms with van der Waals surface area (Å²) in [6.07, 6.45) is 0. The Morgan fingerprint density at radius 3 is 2.40 bits per heavy atom. The highest BCUT2D eigenvalue weighted by molar-refractivity contribution is 7.89. The smallest absolute Gasteiger partial charge is 0.257 e. The summed E-state index contributed by atoms with van der Waals surface area (Å²) < 4.78 is 28.3. The van der Waals surface area contributed by atoms with Gasteiger partial charge in [0.05, 0.1) is 17.6 Å². The van der Waals surface area contributed by atoms with Gasteiger partial charge < -0.3 is 9.64 Å². The van der Waals surface area contributed by atoms with Gasteiger partial charge >= 0.3 is 0 Å². The molecule has 0 spiro atoms. The van der Waals surface area contributed by atoms with E-state index in [9.17, 15) is 13.2 Å². The summed E-state index contributed by atoms with van der Waals surface area (Å²) in [6, 6.07) is 10.0. The van der Waals surface area contributed by atoms with Crippen molar-refractivity contribution in [2.45, 2.75) is 25.3 Å². The molecular weight excluding hydrogens is 340 g/mol. The number of rotatable bonds is 5. The Kier molecular flexibility index (Phi) is 5.49. The summed E-state index contributed by atoms with van der Waals surface area (Å²) in [7, 11) is -0.825. The zero-order valence-corrected chi connectivity index (χ0v) is 15.6. The second-order valence-electron chi connectivity index (χ2n) is 6.00. The maximum Gasteiger partial charge on any atom is 0.257 e. The molecule has 25 heavy (non-hydrogen) atoms. The molecule has 0 saturated carbocycles. The van der Waals surface area contributed by atoms with Crippen molar-refractivity contribution in [2.24, 2.45) is 5.14 Å². The second kappa shape index (κ2) is 7.25. The molecule has 2 aromatic carbocycles. The first-order valence-corrected chi connectivity index (χ1v) is 9.20. The number of hydrogen-bond acceptors (Lipinski definition) is 4. The first kappa shape index (κ1) is 19.0. The Morgan fingerprint density at radius 1 is 1.16 bits per heavy atom. The van der Waals surface area contributed by atoms with Crippen LogP contribution in [0.1, 0.15) is 27.0 Å². The van der Waals surface area contributed by atoms with Crippen LogP contribution in [0.25, 0.3) is 0 Å². The quantitative estimate of drug-likeness (QED) is 0.883. The van der Waals surface area contributed by atoms with Crippen molar-refractivity contribution in [2.75, 3.05) is 14.2 Å². The molecule has 0 aliphatic heterocycles. The summed E-state index contributed by atoms with van der Waals surface area (Å²) in [5, 5.41) is 5.16. The van der Waals surface area contributed by atoms with E-state index in [0.717, 1.165) is 16.7 Å². The zero-order chi connectivity index (χ0) is 18.8. The van der Waals surface area contributed by atoms with Gasteiger partial charge in [-0.25, -0.2) is 13.6 Å². The normalized spacial score (nSPS) is 11.2. The van der Waals surface area contributed by atoms with Crippen molar-refractivity contribution < 1.29 is 17.9 Å². The molecule has 0 atom stereocenters. The lowest BCUT2D eigenvalue weighted by molar-refractivity contribution is 0.0781. The predicted molar refractivity (Wildman–Crippen MR) is 96.1 cm³/mol. The highest BCUT2D eigenvalue weighted by Crippen LogP contribution is 2.24. The Hall–Kier alpha value is -2.38. The average molecular weight is 362 g/mol. The first-order valence-electron chi connectivity index (χ1n) is 7.66. The van der Waals surface area contributed by atoms with E-state index in [2.05, 4.69) is 6.07 Å². The largest absolute Gasteiger partial charge is 0.496 e. The van der Waals surface area contributed by atoms with Crippen LogP contribution in [0.3, 0.4) is 0 Å². The number of methoxy groups -OCH3 is 1. The van der Waals surface area contributed by atoms with Crippen molar-refractivity contribution in [1.82, 2.24) is 4.90 Å². The molecule has 134 valence electrons. The molecule has 6 nitrogen and oxygen atoms in total. The summed E-state index contributed by atoms with van der Waals surface area (Å²) in [6.45, 7) is 4.39. The van der Waals surface area contributed by atoms with E-state index in [-0.39, 0.29) is 16.4 Å². The van der Waals surface area contributed by atoms with E-state index in [0.29, 0.717) is 12.3 Å². The SMILES string of the molecule is COc1ccc(S(N)(=O)=O)cc1C(=O)N(C)Cc1ccc(C)cc1C. The van der Waals surface area contributed by atoms with Crippen LogP contribution in [-0.2, 0) is 16.6 Å². The molecule has 0 unspecified atom stereocenters. The number of benzene rings is 2. The van der Waals surface area contributed by atoms with Gasteiger partial charge in [0.25, 0.3) is 5.91 Å². The molecule has 0 aliphatic rings. The third-order valence-corrected chi connectivity index (χ3v) is 4.89. The molecule has 0 aliphatic carbocycles. The van der Waals surface area contributed by atoms with E-state index in [1.165, 1.54) is 30.2 Å².